The molecule has 0 saturated carbocycles. The number of halogens is 1. The van der Waals surface area contributed by atoms with Crippen LogP contribution in [0.4, 0.5) is 0 Å². The van der Waals surface area contributed by atoms with Gasteiger partial charge in [-0.15, -0.1) is 11.8 Å². The van der Waals surface area contributed by atoms with E-state index in [0.29, 0.717) is 17.2 Å². The van der Waals surface area contributed by atoms with Crippen LogP contribution in [0.1, 0.15) is 12.0 Å². The van der Waals surface area contributed by atoms with Crippen LogP contribution in [0.25, 0.3) is 0 Å². The number of thioether (sulfide) groups is 1. The van der Waals surface area contributed by atoms with E-state index in [0.717, 1.165) is 22.0 Å². The molecule has 0 atom stereocenters. The van der Waals surface area contributed by atoms with Crippen LogP contribution in [0.2, 0.25) is 5.02 Å². The maximum absolute atomic E-state index is 9.14. The molecule has 0 saturated heterocycles. The number of methoxy groups -OCH3 is 1. The second-order valence-electron chi connectivity index (χ2n) is 4.33. The first kappa shape index (κ1) is 15.7. The van der Waals surface area contributed by atoms with Crippen molar-refractivity contribution in [2.45, 2.75) is 11.3 Å². The Morgan fingerprint density at radius 2 is 1.81 bits per heavy atom. The van der Waals surface area contributed by atoms with Gasteiger partial charge in [-0.3, -0.25) is 0 Å². The van der Waals surface area contributed by atoms with Crippen molar-refractivity contribution >= 4 is 29.1 Å². The highest BCUT2D eigenvalue weighted by Gasteiger charge is 2.05. The SMILES string of the molecule is COc1ccc(SCC/C(=N/O)c2ccc(Cl)cc2)cc1. The Balaban J connectivity index is 1.90. The van der Waals surface area contributed by atoms with Crippen LogP contribution in [0.3, 0.4) is 0 Å². The summed E-state index contributed by atoms with van der Waals surface area (Å²) in [6, 6.07) is 15.2. The second-order valence-corrected chi connectivity index (χ2v) is 5.93. The first-order valence-corrected chi connectivity index (χ1v) is 7.83. The quantitative estimate of drug-likeness (QED) is 0.362. The minimum atomic E-state index is 0.660. The Hall–Kier alpha value is -1.65. The molecule has 0 aliphatic heterocycles. The van der Waals surface area contributed by atoms with E-state index in [4.69, 9.17) is 21.5 Å². The van der Waals surface area contributed by atoms with Gasteiger partial charge in [-0.2, -0.15) is 0 Å². The molecule has 0 amide bonds. The van der Waals surface area contributed by atoms with Crippen LogP contribution in [-0.4, -0.2) is 23.8 Å². The molecule has 0 radical (unpaired) electrons. The molecule has 1 N–H and O–H groups in total. The average molecular weight is 322 g/mol. The average Bonchev–Trinajstić information content (AvgIpc) is 2.53. The molecule has 0 unspecified atom stereocenters. The van der Waals surface area contributed by atoms with Crippen molar-refractivity contribution in [2.75, 3.05) is 12.9 Å². The van der Waals surface area contributed by atoms with Crippen LogP contribution < -0.4 is 4.74 Å². The monoisotopic (exact) mass is 321 g/mol. The van der Waals surface area contributed by atoms with Gasteiger partial charge in [0.2, 0.25) is 0 Å². The van der Waals surface area contributed by atoms with Crippen LogP contribution in [0.15, 0.2) is 58.6 Å². The number of rotatable bonds is 6. The molecular weight excluding hydrogens is 306 g/mol. The zero-order valence-electron chi connectivity index (χ0n) is 11.6. The molecule has 3 nitrogen and oxygen atoms in total. The molecule has 0 aliphatic carbocycles. The largest absolute Gasteiger partial charge is 0.497 e. The predicted molar refractivity (Wildman–Crippen MR) is 88.1 cm³/mol. The van der Waals surface area contributed by atoms with Gasteiger partial charge in [0.15, 0.2) is 0 Å². The number of oxime groups is 1. The summed E-state index contributed by atoms with van der Waals surface area (Å²) in [5.41, 5.74) is 1.55. The van der Waals surface area contributed by atoms with Gasteiger partial charge in [0, 0.05) is 22.1 Å². The highest BCUT2D eigenvalue weighted by molar-refractivity contribution is 7.99. The Morgan fingerprint density at radius 1 is 1.14 bits per heavy atom. The number of hydrogen-bond donors (Lipinski definition) is 1. The van der Waals surface area contributed by atoms with Gasteiger partial charge in [0.1, 0.15) is 5.75 Å². The van der Waals surface area contributed by atoms with Gasteiger partial charge >= 0.3 is 0 Å². The summed E-state index contributed by atoms with van der Waals surface area (Å²) in [5.74, 6) is 1.67. The molecule has 2 rings (SSSR count). The van der Waals surface area contributed by atoms with Crippen molar-refractivity contribution in [1.29, 1.82) is 0 Å². The minimum absolute atomic E-state index is 0.660. The lowest BCUT2D eigenvalue weighted by molar-refractivity contribution is 0.318. The third-order valence-corrected chi connectivity index (χ3v) is 4.23. The lowest BCUT2D eigenvalue weighted by atomic mass is 10.1. The third kappa shape index (κ3) is 4.69. The van der Waals surface area contributed by atoms with E-state index in [1.54, 1.807) is 31.0 Å². The summed E-state index contributed by atoms with van der Waals surface area (Å²) in [4.78, 5) is 1.16. The van der Waals surface area contributed by atoms with Crippen LogP contribution in [0, 0.1) is 0 Å². The zero-order chi connectivity index (χ0) is 15.1. The summed E-state index contributed by atoms with van der Waals surface area (Å²) in [7, 11) is 1.65. The molecule has 110 valence electrons. The summed E-state index contributed by atoms with van der Waals surface area (Å²) in [6.45, 7) is 0. The topological polar surface area (TPSA) is 41.8 Å². The number of benzene rings is 2. The molecular formula is C16H16ClNO2S. The molecule has 0 aliphatic rings. The van der Waals surface area contributed by atoms with Gasteiger partial charge < -0.3 is 9.94 Å². The summed E-state index contributed by atoms with van der Waals surface area (Å²) in [5, 5.41) is 13.2. The molecule has 5 heteroatoms. The van der Waals surface area contributed by atoms with Crippen molar-refractivity contribution in [1.82, 2.24) is 0 Å². The number of nitrogens with zero attached hydrogens (tertiary/aromatic N) is 1. The summed E-state index contributed by atoms with van der Waals surface area (Å²) >= 11 is 7.56. The summed E-state index contributed by atoms with van der Waals surface area (Å²) in [6.07, 6.45) is 0.675. The van der Waals surface area contributed by atoms with Gasteiger partial charge in [-0.05, 0) is 42.0 Å². The fourth-order valence-corrected chi connectivity index (χ4v) is 2.82. The van der Waals surface area contributed by atoms with Crippen molar-refractivity contribution in [3.05, 3.63) is 59.1 Å². The fourth-order valence-electron chi connectivity index (χ4n) is 1.83. The van der Waals surface area contributed by atoms with Crippen molar-refractivity contribution in [3.63, 3.8) is 0 Å². The van der Waals surface area contributed by atoms with Crippen molar-refractivity contribution < 1.29 is 9.94 Å². The van der Waals surface area contributed by atoms with Crippen LogP contribution >= 0.6 is 23.4 Å². The van der Waals surface area contributed by atoms with Gasteiger partial charge in [0.25, 0.3) is 0 Å². The number of ether oxygens (including phenoxy) is 1. The molecule has 2 aromatic carbocycles. The highest BCUT2D eigenvalue weighted by Crippen LogP contribution is 2.22. The van der Waals surface area contributed by atoms with Crippen molar-refractivity contribution in [2.24, 2.45) is 5.16 Å². The molecule has 0 bridgehead atoms. The van der Waals surface area contributed by atoms with Crippen LogP contribution in [-0.2, 0) is 0 Å². The molecule has 0 spiro atoms. The Morgan fingerprint density at radius 3 is 2.38 bits per heavy atom. The Bertz CT molecular complexity index is 597. The molecule has 0 fully saturated rings. The molecule has 0 heterocycles. The zero-order valence-corrected chi connectivity index (χ0v) is 13.2. The highest BCUT2D eigenvalue weighted by atomic mass is 35.5. The first-order valence-electron chi connectivity index (χ1n) is 6.46. The third-order valence-electron chi connectivity index (χ3n) is 2.97. The smallest absolute Gasteiger partial charge is 0.118 e. The fraction of sp³-hybridized carbons (Fsp3) is 0.188. The van der Waals surface area contributed by atoms with Crippen LogP contribution in [0.5, 0.6) is 5.75 Å². The van der Waals surface area contributed by atoms with E-state index in [9.17, 15) is 0 Å². The normalized spacial score (nSPS) is 11.4. The first-order chi connectivity index (χ1) is 10.2. The maximum atomic E-state index is 9.14. The lowest BCUT2D eigenvalue weighted by Gasteiger charge is -2.06. The lowest BCUT2D eigenvalue weighted by Crippen LogP contribution is -2.02. The number of hydrogen-bond acceptors (Lipinski definition) is 4. The van der Waals surface area contributed by atoms with E-state index in [-0.39, 0.29) is 0 Å². The van der Waals surface area contributed by atoms with Crippen molar-refractivity contribution in [3.8, 4) is 5.75 Å². The van der Waals surface area contributed by atoms with E-state index >= 15 is 0 Å². The van der Waals surface area contributed by atoms with E-state index in [2.05, 4.69) is 5.16 Å². The van der Waals surface area contributed by atoms with Gasteiger partial charge in [-0.25, -0.2) is 0 Å². The standard InChI is InChI=1S/C16H16ClNO2S/c1-20-14-6-8-15(9-7-14)21-11-10-16(18-19)12-2-4-13(17)5-3-12/h2-9,19H,10-11H2,1H3/b18-16-. The second kappa shape index (κ2) is 7.96. The predicted octanol–water partition coefficient (Wildman–Crippen LogP) is 4.71. The van der Waals surface area contributed by atoms with Gasteiger partial charge in [-0.1, -0.05) is 28.9 Å². The van der Waals surface area contributed by atoms with E-state index in [1.165, 1.54) is 0 Å². The maximum Gasteiger partial charge on any atom is 0.118 e. The molecule has 2 aromatic rings. The summed E-state index contributed by atoms with van der Waals surface area (Å²) < 4.78 is 5.12. The Labute approximate surface area is 133 Å². The van der Waals surface area contributed by atoms with E-state index < -0.39 is 0 Å². The molecule has 21 heavy (non-hydrogen) atoms. The molecule has 0 aromatic heterocycles. The Kier molecular flexibility index (Phi) is 5.96. The van der Waals surface area contributed by atoms with Gasteiger partial charge in [0.05, 0.1) is 12.8 Å². The van der Waals surface area contributed by atoms with E-state index in [1.807, 2.05) is 36.4 Å². The minimum Gasteiger partial charge on any atom is -0.497 e.